The number of halogens is 3. The van der Waals surface area contributed by atoms with Gasteiger partial charge in [0, 0.05) is 38.8 Å². The maximum atomic E-state index is 12.9. The highest BCUT2D eigenvalue weighted by Crippen LogP contribution is 2.34. The number of alkyl halides is 3. The van der Waals surface area contributed by atoms with Crippen molar-refractivity contribution in [2.75, 3.05) is 38.0 Å². The minimum atomic E-state index is -4.47. The van der Waals surface area contributed by atoms with Gasteiger partial charge in [-0.1, -0.05) is 12.1 Å². The molecule has 0 bridgehead atoms. The predicted molar refractivity (Wildman–Crippen MR) is 78.8 cm³/mol. The molecular formula is C15H18F3N3O2. The third-order valence-corrected chi connectivity index (χ3v) is 3.74. The monoisotopic (exact) mass is 329 g/mol. The SMILES string of the molecule is CC(=O)N1CCN(C(=O)CNc2ccccc2C(F)(F)F)CC1. The molecule has 2 amide bonds. The summed E-state index contributed by atoms with van der Waals surface area (Å²) < 4.78 is 38.6. The highest BCUT2D eigenvalue weighted by Gasteiger charge is 2.33. The van der Waals surface area contributed by atoms with Crippen LogP contribution in [0.3, 0.4) is 0 Å². The van der Waals surface area contributed by atoms with Crippen molar-refractivity contribution < 1.29 is 22.8 Å². The van der Waals surface area contributed by atoms with Gasteiger partial charge in [-0.15, -0.1) is 0 Å². The summed E-state index contributed by atoms with van der Waals surface area (Å²) in [6.45, 7) is 2.92. The fourth-order valence-corrected chi connectivity index (χ4v) is 2.44. The van der Waals surface area contributed by atoms with E-state index in [1.165, 1.54) is 25.1 Å². The van der Waals surface area contributed by atoms with Crippen LogP contribution in [0.4, 0.5) is 18.9 Å². The third kappa shape index (κ3) is 4.37. The molecule has 126 valence electrons. The number of hydrogen-bond donors (Lipinski definition) is 1. The summed E-state index contributed by atoms with van der Waals surface area (Å²) in [6, 6.07) is 5.05. The van der Waals surface area contributed by atoms with Crippen molar-refractivity contribution >= 4 is 17.5 Å². The van der Waals surface area contributed by atoms with Crippen LogP contribution in [0.25, 0.3) is 0 Å². The lowest BCUT2D eigenvalue weighted by Gasteiger charge is -2.34. The lowest BCUT2D eigenvalue weighted by molar-refractivity contribution is -0.137. The van der Waals surface area contributed by atoms with Crippen LogP contribution < -0.4 is 5.32 Å². The maximum Gasteiger partial charge on any atom is 0.418 e. The molecule has 0 spiro atoms. The van der Waals surface area contributed by atoms with Crippen molar-refractivity contribution in [3.05, 3.63) is 29.8 Å². The molecule has 0 radical (unpaired) electrons. The highest BCUT2D eigenvalue weighted by atomic mass is 19.4. The molecule has 23 heavy (non-hydrogen) atoms. The molecule has 2 rings (SSSR count). The van der Waals surface area contributed by atoms with E-state index in [0.717, 1.165) is 6.07 Å². The van der Waals surface area contributed by atoms with Crippen molar-refractivity contribution in [3.8, 4) is 0 Å². The van der Waals surface area contributed by atoms with E-state index in [-0.39, 0.29) is 24.0 Å². The fourth-order valence-electron chi connectivity index (χ4n) is 2.44. The second-order valence-electron chi connectivity index (χ2n) is 5.28. The number of para-hydroxylation sites is 1. The zero-order chi connectivity index (χ0) is 17.0. The first kappa shape index (κ1) is 17.1. The van der Waals surface area contributed by atoms with Gasteiger partial charge in [0.2, 0.25) is 11.8 Å². The Labute approximate surface area is 132 Å². The van der Waals surface area contributed by atoms with Gasteiger partial charge in [0.15, 0.2) is 0 Å². The average Bonchev–Trinajstić information content (AvgIpc) is 2.52. The molecule has 1 aromatic carbocycles. The molecule has 5 nitrogen and oxygen atoms in total. The standard InChI is InChI=1S/C15H18F3N3O2/c1-11(22)20-6-8-21(9-7-20)14(23)10-19-13-5-3-2-4-12(13)15(16,17)18/h2-5,19H,6-10H2,1H3. The lowest BCUT2D eigenvalue weighted by atomic mass is 10.1. The van der Waals surface area contributed by atoms with E-state index in [9.17, 15) is 22.8 Å². The summed E-state index contributed by atoms with van der Waals surface area (Å²) in [5.41, 5.74) is -0.912. The second kappa shape index (κ2) is 6.89. The summed E-state index contributed by atoms with van der Waals surface area (Å²) in [5.74, 6) is -0.334. The summed E-state index contributed by atoms with van der Waals surface area (Å²) in [7, 11) is 0. The van der Waals surface area contributed by atoms with E-state index in [1.54, 1.807) is 9.80 Å². The van der Waals surface area contributed by atoms with Gasteiger partial charge in [0.25, 0.3) is 0 Å². The van der Waals surface area contributed by atoms with Crippen molar-refractivity contribution in [2.24, 2.45) is 0 Å². The fraction of sp³-hybridized carbons (Fsp3) is 0.467. The molecule has 0 unspecified atom stereocenters. The minimum Gasteiger partial charge on any atom is -0.376 e. The van der Waals surface area contributed by atoms with Crippen molar-refractivity contribution in [3.63, 3.8) is 0 Å². The Balaban J connectivity index is 1.92. The Morgan fingerprint density at radius 1 is 1.09 bits per heavy atom. The molecule has 8 heteroatoms. The predicted octanol–water partition coefficient (Wildman–Crippen LogP) is 1.81. The van der Waals surface area contributed by atoms with Crippen molar-refractivity contribution in [2.45, 2.75) is 13.1 Å². The van der Waals surface area contributed by atoms with Crippen LogP contribution in [0, 0.1) is 0 Å². The number of rotatable bonds is 3. The number of amides is 2. The molecule has 1 aliphatic heterocycles. The van der Waals surface area contributed by atoms with Crippen LogP contribution in [-0.2, 0) is 15.8 Å². The number of carbonyl (C=O) groups is 2. The summed E-state index contributed by atoms with van der Waals surface area (Å²) >= 11 is 0. The number of hydrogen-bond acceptors (Lipinski definition) is 3. The van der Waals surface area contributed by atoms with E-state index in [2.05, 4.69) is 5.32 Å². The summed E-state index contributed by atoms with van der Waals surface area (Å²) in [4.78, 5) is 26.5. The molecule has 1 aliphatic rings. The van der Waals surface area contributed by atoms with Crippen LogP contribution in [0.5, 0.6) is 0 Å². The molecule has 1 fully saturated rings. The Morgan fingerprint density at radius 2 is 1.65 bits per heavy atom. The Kier molecular flexibility index (Phi) is 5.12. The zero-order valence-corrected chi connectivity index (χ0v) is 12.7. The highest BCUT2D eigenvalue weighted by molar-refractivity contribution is 5.81. The van der Waals surface area contributed by atoms with Crippen LogP contribution in [0.15, 0.2) is 24.3 Å². The maximum absolute atomic E-state index is 12.9. The van der Waals surface area contributed by atoms with E-state index in [1.807, 2.05) is 0 Å². The minimum absolute atomic E-state index is 0.0469. The van der Waals surface area contributed by atoms with Gasteiger partial charge in [0.05, 0.1) is 12.1 Å². The first-order valence-electron chi connectivity index (χ1n) is 7.22. The molecule has 1 heterocycles. The summed E-state index contributed by atoms with van der Waals surface area (Å²) in [6.07, 6.45) is -4.47. The van der Waals surface area contributed by atoms with Crippen LogP contribution in [-0.4, -0.2) is 54.3 Å². The van der Waals surface area contributed by atoms with Crippen LogP contribution in [0.1, 0.15) is 12.5 Å². The molecule has 0 aromatic heterocycles. The van der Waals surface area contributed by atoms with Gasteiger partial charge >= 0.3 is 6.18 Å². The average molecular weight is 329 g/mol. The lowest BCUT2D eigenvalue weighted by Crippen LogP contribution is -2.51. The van der Waals surface area contributed by atoms with Gasteiger partial charge in [0.1, 0.15) is 0 Å². The van der Waals surface area contributed by atoms with Crippen molar-refractivity contribution in [1.82, 2.24) is 9.80 Å². The Hall–Kier alpha value is -2.25. The molecule has 1 saturated heterocycles. The summed E-state index contributed by atoms with van der Waals surface area (Å²) in [5, 5.41) is 2.56. The normalized spacial score (nSPS) is 15.5. The largest absolute Gasteiger partial charge is 0.418 e. The van der Waals surface area contributed by atoms with Gasteiger partial charge in [-0.25, -0.2) is 0 Å². The van der Waals surface area contributed by atoms with Gasteiger partial charge in [-0.3, -0.25) is 9.59 Å². The first-order valence-corrected chi connectivity index (χ1v) is 7.22. The molecule has 1 aromatic rings. The zero-order valence-electron chi connectivity index (χ0n) is 12.7. The van der Waals surface area contributed by atoms with E-state index in [0.29, 0.717) is 26.2 Å². The van der Waals surface area contributed by atoms with Gasteiger partial charge in [-0.2, -0.15) is 13.2 Å². The van der Waals surface area contributed by atoms with E-state index < -0.39 is 11.7 Å². The molecule has 0 saturated carbocycles. The number of piperazine rings is 1. The Bertz CT molecular complexity index is 582. The van der Waals surface area contributed by atoms with Gasteiger partial charge < -0.3 is 15.1 Å². The van der Waals surface area contributed by atoms with Crippen molar-refractivity contribution in [1.29, 1.82) is 0 Å². The number of nitrogens with one attached hydrogen (secondary N) is 1. The quantitative estimate of drug-likeness (QED) is 0.920. The smallest absolute Gasteiger partial charge is 0.376 e. The second-order valence-corrected chi connectivity index (χ2v) is 5.28. The third-order valence-electron chi connectivity index (χ3n) is 3.74. The molecule has 1 N–H and O–H groups in total. The first-order chi connectivity index (χ1) is 10.8. The van der Waals surface area contributed by atoms with Crippen LogP contribution >= 0.6 is 0 Å². The van der Waals surface area contributed by atoms with Gasteiger partial charge in [-0.05, 0) is 12.1 Å². The number of carbonyl (C=O) groups excluding carboxylic acids is 2. The molecular weight excluding hydrogens is 311 g/mol. The van der Waals surface area contributed by atoms with E-state index in [4.69, 9.17) is 0 Å². The topological polar surface area (TPSA) is 52.7 Å². The molecule has 0 atom stereocenters. The number of anilines is 1. The number of benzene rings is 1. The van der Waals surface area contributed by atoms with E-state index >= 15 is 0 Å². The Morgan fingerprint density at radius 3 is 2.22 bits per heavy atom. The number of nitrogens with zero attached hydrogens (tertiary/aromatic N) is 2. The molecule has 0 aliphatic carbocycles. The van der Waals surface area contributed by atoms with Crippen LogP contribution in [0.2, 0.25) is 0 Å².